The van der Waals surface area contributed by atoms with Crippen LogP contribution in [-0.2, 0) is 4.79 Å². The predicted octanol–water partition coefficient (Wildman–Crippen LogP) is 3.34. The molecule has 1 aromatic heterocycles. The average molecular weight is 489 g/mol. The van der Waals surface area contributed by atoms with Gasteiger partial charge in [0.1, 0.15) is 18.2 Å². The minimum absolute atomic E-state index is 0.0105. The van der Waals surface area contributed by atoms with Crippen molar-refractivity contribution < 1.29 is 28.2 Å². The zero-order valence-corrected chi connectivity index (χ0v) is 19.8. The summed E-state index contributed by atoms with van der Waals surface area (Å²) in [5, 5.41) is 12.0. The predicted molar refractivity (Wildman–Crippen MR) is 126 cm³/mol. The van der Waals surface area contributed by atoms with Crippen molar-refractivity contribution in [2.24, 2.45) is 11.7 Å². The van der Waals surface area contributed by atoms with Gasteiger partial charge >= 0.3 is 5.97 Å². The van der Waals surface area contributed by atoms with Gasteiger partial charge in [0.05, 0.1) is 23.2 Å². The fourth-order valence-corrected chi connectivity index (χ4v) is 4.46. The second-order valence-electron chi connectivity index (χ2n) is 9.78. The average Bonchev–Trinajstić information content (AvgIpc) is 3.55. The summed E-state index contributed by atoms with van der Waals surface area (Å²) < 4.78 is 34.2. The maximum Gasteiger partial charge on any atom is 0.306 e. The van der Waals surface area contributed by atoms with E-state index < -0.39 is 23.1 Å². The Kier molecular flexibility index (Phi) is 6.93. The molecule has 2 fully saturated rings. The number of carbonyl (C=O) groups is 2. The van der Waals surface area contributed by atoms with Crippen LogP contribution in [0.4, 0.5) is 14.5 Å². The number of pyridine rings is 1. The number of carbonyl (C=O) groups excluding carboxylic acids is 1. The van der Waals surface area contributed by atoms with Crippen LogP contribution < -0.4 is 20.7 Å². The van der Waals surface area contributed by atoms with Gasteiger partial charge in [0.2, 0.25) is 5.88 Å². The van der Waals surface area contributed by atoms with E-state index in [0.717, 1.165) is 31.0 Å². The number of rotatable bonds is 9. The molecule has 188 valence electrons. The van der Waals surface area contributed by atoms with Crippen molar-refractivity contribution in [2.45, 2.75) is 51.1 Å². The largest absolute Gasteiger partial charge is 0.481 e. The van der Waals surface area contributed by atoms with E-state index in [1.807, 2.05) is 18.7 Å². The lowest BCUT2D eigenvalue weighted by Crippen LogP contribution is -2.40. The lowest BCUT2D eigenvalue weighted by molar-refractivity contribution is -0.137. The van der Waals surface area contributed by atoms with Crippen LogP contribution in [0.3, 0.4) is 0 Å². The number of halogens is 2. The van der Waals surface area contributed by atoms with Gasteiger partial charge in [-0.25, -0.2) is 13.8 Å². The van der Waals surface area contributed by atoms with Crippen molar-refractivity contribution in [3.05, 3.63) is 41.6 Å². The first-order chi connectivity index (χ1) is 16.5. The number of carboxylic acid groups (broad SMARTS) is 1. The standard InChI is InChI=1S/C25H30F2N4O4/c1-14(15-3-4-15)30-23(34)19-12-29-24(35-8-5-20(32)33)21(16-9-17(26)11-18(27)10-16)22(19)31-7-6-25(2,28)13-31/h9-12,14-15H,3-8,13,28H2,1-2H3,(H,30,34)(H,32,33)/t14?,25-/m0/s1. The molecule has 1 aromatic carbocycles. The number of nitrogens with zero attached hydrogens (tertiary/aromatic N) is 2. The Morgan fingerprint density at radius 1 is 1.31 bits per heavy atom. The van der Waals surface area contributed by atoms with Gasteiger partial charge in [-0.05, 0) is 56.7 Å². The SMILES string of the molecule is CC(NC(=O)c1cnc(OCCC(=O)O)c(-c2cc(F)cc(F)c2)c1N1CC[C@](C)(N)C1)C1CC1. The number of nitrogens with one attached hydrogen (secondary N) is 1. The molecule has 35 heavy (non-hydrogen) atoms. The van der Waals surface area contributed by atoms with Crippen LogP contribution in [0.5, 0.6) is 5.88 Å². The molecule has 1 saturated carbocycles. The van der Waals surface area contributed by atoms with Gasteiger partial charge in [0.25, 0.3) is 5.91 Å². The van der Waals surface area contributed by atoms with Crippen molar-refractivity contribution in [2.75, 3.05) is 24.6 Å². The van der Waals surface area contributed by atoms with Crippen LogP contribution in [0.25, 0.3) is 11.1 Å². The molecule has 4 N–H and O–H groups in total. The van der Waals surface area contributed by atoms with Gasteiger partial charge in [0.15, 0.2) is 0 Å². The molecular weight excluding hydrogens is 458 g/mol. The summed E-state index contributed by atoms with van der Waals surface area (Å²) in [5.74, 6) is -2.61. The van der Waals surface area contributed by atoms with E-state index in [4.69, 9.17) is 15.6 Å². The number of aliphatic carboxylic acids is 1. The normalized spacial score (nSPS) is 20.5. The molecular formula is C25H30F2N4O4. The highest BCUT2D eigenvalue weighted by molar-refractivity contribution is 6.04. The van der Waals surface area contributed by atoms with Gasteiger partial charge in [0, 0.05) is 36.9 Å². The molecule has 1 aliphatic heterocycles. The third kappa shape index (κ3) is 5.87. The Morgan fingerprint density at radius 3 is 2.57 bits per heavy atom. The van der Waals surface area contributed by atoms with E-state index in [9.17, 15) is 18.4 Å². The maximum atomic E-state index is 14.3. The Bertz CT molecular complexity index is 1120. The zero-order valence-electron chi connectivity index (χ0n) is 19.8. The molecule has 1 saturated heterocycles. The summed E-state index contributed by atoms with van der Waals surface area (Å²) in [6.45, 7) is 4.55. The van der Waals surface area contributed by atoms with Crippen LogP contribution in [0.2, 0.25) is 0 Å². The van der Waals surface area contributed by atoms with Gasteiger partial charge in [-0.3, -0.25) is 9.59 Å². The van der Waals surface area contributed by atoms with Gasteiger partial charge in [-0.1, -0.05) is 0 Å². The van der Waals surface area contributed by atoms with E-state index in [-0.39, 0.29) is 47.5 Å². The Morgan fingerprint density at radius 2 is 2.00 bits per heavy atom. The first-order valence-electron chi connectivity index (χ1n) is 11.7. The number of benzene rings is 1. The molecule has 2 aliphatic rings. The zero-order chi connectivity index (χ0) is 25.3. The van der Waals surface area contributed by atoms with Crippen molar-refractivity contribution in [1.29, 1.82) is 0 Å². The van der Waals surface area contributed by atoms with E-state index in [1.165, 1.54) is 6.20 Å². The van der Waals surface area contributed by atoms with E-state index >= 15 is 0 Å². The summed E-state index contributed by atoms with van der Waals surface area (Å²) in [6.07, 6.45) is 3.81. The molecule has 1 aliphatic carbocycles. The lowest BCUT2D eigenvalue weighted by atomic mass is 9.99. The van der Waals surface area contributed by atoms with Crippen LogP contribution in [0.15, 0.2) is 24.4 Å². The van der Waals surface area contributed by atoms with Crippen LogP contribution in [0, 0.1) is 17.6 Å². The quantitative estimate of drug-likeness (QED) is 0.496. The highest BCUT2D eigenvalue weighted by Crippen LogP contribution is 2.43. The minimum Gasteiger partial charge on any atom is -0.481 e. The number of hydrogen-bond acceptors (Lipinski definition) is 6. The number of aromatic nitrogens is 1. The summed E-state index contributed by atoms with van der Waals surface area (Å²) in [7, 11) is 0. The first-order valence-corrected chi connectivity index (χ1v) is 11.7. The molecule has 1 unspecified atom stereocenters. The number of ether oxygens (including phenoxy) is 1. The number of anilines is 1. The molecule has 0 spiro atoms. The van der Waals surface area contributed by atoms with Gasteiger partial charge in [-0.15, -0.1) is 0 Å². The first kappa shape index (κ1) is 24.8. The molecule has 0 radical (unpaired) electrons. The maximum absolute atomic E-state index is 14.3. The van der Waals surface area contributed by atoms with Crippen LogP contribution in [-0.4, -0.2) is 53.2 Å². The molecule has 2 heterocycles. The minimum atomic E-state index is -1.06. The van der Waals surface area contributed by atoms with Gasteiger partial charge < -0.3 is 25.8 Å². The topological polar surface area (TPSA) is 118 Å². The van der Waals surface area contributed by atoms with E-state index in [2.05, 4.69) is 10.3 Å². The van der Waals surface area contributed by atoms with Crippen molar-refractivity contribution in [1.82, 2.24) is 10.3 Å². The number of amides is 1. The number of hydrogen-bond donors (Lipinski definition) is 3. The van der Waals surface area contributed by atoms with Gasteiger partial charge in [-0.2, -0.15) is 0 Å². The van der Waals surface area contributed by atoms with Crippen LogP contribution >= 0.6 is 0 Å². The van der Waals surface area contributed by atoms with Crippen molar-refractivity contribution in [3.8, 4) is 17.0 Å². The highest BCUT2D eigenvalue weighted by Gasteiger charge is 2.36. The molecule has 2 aromatic rings. The summed E-state index contributed by atoms with van der Waals surface area (Å²) in [4.78, 5) is 30.6. The molecule has 10 heteroatoms. The summed E-state index contributed by atoms with van der Waals surface area (Å²) in [6, 6.07) is 3.00. The summed E-state index contributed by atoms with van der Waals surface area (Å²) in [5.41, 5.74) is 6.83. The molecule has 4 rings (SSSR count). The number of nitrogens with two attached hydrogens (primary N) is 1. The smallest absolute Gasteiger partial charge is 0.306 e. The van der Waals surface area contributed by atoms with E-state index in [0.29, 0.717) is 31.1 Å². The Balaban J connectivity index is 1.86. The van der Waals surface area contributed by atoms with Crippen molar-refractivity contribution >= 4 is 17.6 Å². The monoisotopic (exact) mass is 488 g/mol. The third-order valence-corrected chi connectivity index (χ3v) is 6.48. The summed E-state index contributed by atoms with van der Waals surface area (Å²) >= 11 is 0. The molecule has 2 atom stereocenters. The Hall–Kier alpha value is -3.27. The Labute approximate surface area is 202 Å². The highest BCUT2D eigenvalue weighted by atomic mass is 19.1. The second-order valence-corrected chi connectivity index (χ2v) is 9.78. The second kappa shape index (κ2) is 9.77. The molecule has 0 bridgehead atoms. The number of carboxylic acids is 1. The van der Waals surface area contributed by atoms with Crippen molar-refractivity contribution in [3.63, 3.8) is 0 Å². The molecule has 1 amide bonds. The van der Waals surface area contributed by atoms with Crippen LogP contribution in [0.1, 0.15) is 49.9 Å². The molecule has 8 nitrogen and oxygen atoms in total. The third-order valence-electron chi connectivity index (χ3n) is 6.48. The fourth-order valence-electron chi connectivity index (χ4n) is 4.46. The lowest BCUT2D eigenvalue weighted by Gasteiger charge is -2.28. The van der Waals surface area contributed by atoms with E-state index in [1.54, 1.807) is 0 Å². The fraction of sp³-hybridized carbons (Fsp3) is 0.480.